The summed E-state index contributed by atoms with van der Waals surface area (Å²) in [5.74, 6) is 1.05. The van der Waals surface area contributed by atoms with Crippen LogP contribution >= 0.6 is 0 Å². The van der Waals surface area contributed by atoms with Crippen molar-refractivity contribution in [1.29, 1.82) is 0 Å². The number of carbonyl (C=O) groups excluding carboxylic acids is 3. The van der Waals surface area contributed by atoms with Gasteiger partial charge in [-0.1, -0.05) is 34.6 Å². The molecule has 0 aromatic heterocycles. The molecule has 5 fully saturated rings. The highest BCUT2D eigenvalue weighted by Gasteiger charge is 2.71. The summed E-state index contributed by atoms with van der Waals surface area (Å²) in [7, 11) is 0. The van der Waals surface area contributed by atoms with Crippen molar-refractivity contribution < 1.29 is 29.0 Å². The maximum atomic E-state index is 13.1. The summed E-state index contributed by atoms with van der Waals surface area (Å²) < 4.78 is 11.6. The van der Waals surface area contributed by atoms with Crippen molar-refractivity contribution >= 4 is 17.7 Å². The Labute approximate surface area is 235 Å². The van der Waals surface area contributed by atoms with Gasteiger partial charge in [-0.2, -0.15) is 0 Å². The highest BCUT2D eigenvalue weighted by Crippen LogP contribution is 2.77. The first-order chi connectivity index (χ1) is 18.2. The van der Waals surface area contributed by atoms with Crippen molar-refractivity contribution in [1.82, 2.24) is 0 Å². The average Bonchev–Trinajstić information content (AvgIpc) is 3.24. The van der Waals surface area contributed by atoms with Crippen molar-refractivity contribution in [2.24, 2.45) is 56.7 Å². The molecule has 10 atom stereocenters. The molecule has 5 saturated carbocycles. The quantitative estimate of drug-likeness (QED) is 0.419. The predicted octanol–water partition coefficient (Wildman–Crippen LogP) is 6.12. The van der Waals surface area contributed by atoms with Crippen LogP contribution in [0.25, 0.3) is 0 Å². The molecule has 1 N–H and O–H groups in total. The number of hydrogen-bond donors (Lipinski definition) is 1. The molecule has 0 radical (unpaired) electrons. The van der Waals surface area contributed by atoms with Crippen molar-refractivity contribution in [2.75, 3.05) is 13.2 Å². The first kappa shape index (κ1) is 29.1. The third-order valence-electron chi connectivity index (χ3n) is 14.0. The summed E-state index contributed by atoms with van der Waals surface area (Å²) in [4.78, 5) is 36.9. The number of fused-ring (bicyclic) bond motifs is 7. The van der Waals surface area contributed by atoms with Gasteiger partial charge in [0.15, 0.2) is 5.78 Å². The van der Waals surface area contributed by atoms with Crippen LogP contribution in [0.15, 0.2) is 0 Å². The summed E-state index contributed by atoms with van der Waals surface area (Å²) in [5, 5.41) is 9.91. The number of ketones is 1. The SMILES string of the molecule is CC(=O)OC[C@]12CC[C@@H](C(=O)CO)[C@@H]1[C@H]1CC[C@@H]3[C@@]4(C)CC[C@H](OC(C)=O)C(C)(C)[C@@H]4CC[C@@]3(C)[C@]1(C)CC2. The van der Waals surface area contributed by atoms with Gasteiger partial charge in [0.05, 0.1) is 6.61 Å². The maximum Gasteiger partial charge on any atom is 0.302 e. The molecule has 5 rings (SSSR count). The summed E-state index contributed by atoms with van der Waals surface area (Å²) in [6.07, 6.45) is 10.3. The largest absolute Gasteiger partial charge is 0.465 e. The zero-order valence-corrected chi connectivity index (χ0v) is 25.4. The van der Waals surface area contributed by atoms with Gasteiger partial charge in [0.2, 0.25) is 0 Å². The Morgan fingerprint density at radius 3 is 2.13 bits per heavy atom. The summed E-state index contributed by atoms with van der Waals surface area (Å²) in [6, 6.07) is 0. The fourth-order valence-electron chi connectivity index (χ4n) is 12.1. The zero-order chi connectivity index (χ0) is 28.6. The van der Waals surface area contributed by atoms with E-state index < -0.39 is 6.61 Å². The van der Waals surface area contributed by atoms with Gasteiger partial charge >= 0.3 is 11.9 Å². The Bertz CT molecular complexity index is 1020. The molecule has 0 aromatic carbocycles. The van der Waals surface area contributed by atoms with Crippen molar-refractivity contribution in [2.45, 2.75) is 119 Å². The van der Waals surface area contributed by atoms with Gasteiger partial charge in [-0.3, -0.25) is 14.4 Å². The van der Waals surface area contributed by atoms with Crippen LogP contribution < -0.4 is 0 Å². The molecule has 5 aliphatic rings. The molecule has 6 heteroatoms. The smallest absolute Gasteiger partial charge is 0.302 e. The van der Waals surface area contributed by atoms with E-state index in [1.54, 1.807) is 0 Å². The number of aliphatic hydroxyl groups is 1. The van der Waals surface area contributed by atoms with Crippen LogP contribution in [0.5, 0.6) is 0 Å². The van der Waals surface area contributed by atoms with E-state index in [0.29, 0.717) is 24.4 Å². The fourth-order valence-corrected chi connectivity index (χ4v) is 12.1. The fraction of sp³-hybridized carbons (Fsp3) is 0.909. The van der Waals surface area contributed by atoms with Crippen LogP contribution in [-0.4, -0.2) is 42.1 Å². The van der Waals surface area contributed by atoms with Gasteiger partial charge in [0.25, 0.3) is 0 Å². The molecular weight excluding hydrogens is 492 g/mol. The summed E-state index contributed by atoms with van der Waals surface area (Å²) in [6.45, 7) is 15.3. The minimum Gasteiger partial charge on any atom is -0.465 e. The van der Waals surface area contributed by atoms with Gasteiger partial charge in [0, 0.05) is 30.6 Å². The van der Waals surface area contributed by atoms with Crippen LogP contribution in [0, 0.1) is 56.7 Å². The first-order valence-corrected chi connectivity index (χ1v) is 15.6. The average molecular weight is 545 g/mol. The molecule has 0 bridgehead atoms. The topological polar surface area (TPSA) is 89.9 Å². The molecule has 220 valence electrons. The monoisotopic (exact) mass is 544 g/mol. The second kappa shape index (κ2) is 9.56. The molecule has 5 aliphatic carbocycles. The minimum absolute atomic E-state index is 0.0235. The molecular formula is C33H52O6. The lowest BCUT2D eigenvalue weighted by Crippen LogP contribution is -2.67. The number of carbonyl (C=O) groups is 3. The Balaban J connectivity index is 1.50. The van der Waals surface area contributed by atoms with Crippen molar-refractivity contribution in [3.05, 3.63) is 0 Å². The standard InChI is InChI=1S/C33H52O6/c1-20(35)38-19-33-15-10-22(24(37)18-34)28(33)23-8-9-26-30(5)13-12-27(39-21(2)36)29(3,4)25(30)11-14-32(26,7)31(23,6)16-17-33/h22-23,25-28,34H,8-19H2,1-7H3/t22-,23+,25-,26+,27-,28+,30-,31+,32+,33+/m0/s1. The van der Waals surface area contributed by atoms with Crippen LogP contribution in [0.2, 0.25) is 0 Å². The van der Waals surface area contributed by atoms with Crippen LogP contribution in [0.4, 0.5) is 0 Å². The molecule has 39 heavy (non-hydrogen) atoms. The first-order valence-electron chi connectivity index (χ1n) is 15.6. The molecule has 0 unspecified atom stereocenters. The van der Waals surface area contributed by atoms with Gasteiger partial charge in [-0.15, -0.1) is 0 Å². The van der Waals surface area contributed by atoms with E-state index in [1.165, 1.54) is 13.8 Å². The van der Waals surface area contributed by atoms with E-state index in [4.69, 9.17) is 9.47 Å². The normalized spacial score (nSPS) is 48.1. The Kier molecular flexibility index (Phi) is 7.13. The van der Waals surface area contributed by atoms with Crippen molar-refractivity contribution in [3.8, 4) is 0 Å². The molecule has 6 nitrogen and oxygen atoms in total. The van der Waals surface area contributed by atoms with Gasteiger partial charge in [0.1, 0.15) is 12.7 Å². The molecule has 0 heterocycles. The number of hydrogen-bond acceptors (Lipinski definition) is 6. The number of Topliss-reactive ketones (excluding diaryl/α,β-unsaturated/α-hetero) is 1. The highest BCUT2D eigenvalue weighted by atomic mass is 16.5. The number of aliphatic hydroxyl groups excluding tert-OH is 1. The number of ether oxygens (including phenoxy) is 2. The Morgan fingerprint density at radius 2 is 1.49 bits per heavy atom. The number of esters is 2. The van der Waals surface area contributed by atoms with Crippen molar-refractivity contribution in [3.63, 3.8) is 0 Å². The van der Waals surface area contributed by atoms with E-state index in [9.17, 15) is 19.5 Å². The second-order valence-electron chi connectivity index (χ2n) is 15.6. The lowest BCUT2D eigenvalue weighted by molar-refractivity contribution is -0.252. The molecule has 0 aliphatic heterocycles. The van der Waals surface area contributed by atoms with Gasteiger partial charge in [-0.05, 0) is 104 Å². The summed E-state index contributed by atoms with van der Waals surface area (Å²) >= 11 is 0. The summed E-state index contributed by atoms with van der Waals surface area (Å²) in [5.41, 5.74) is 0.203. The Morgan fingerprint density at radius 1 is 0.769 bits per heavy atom. The second-order valence-corrected chi connectivity index (χ2v) is 15.6. The molecule has 0 saturated heterocycles. The minimum atomic E-state index is -0.396. The van der Waals surface area contributed by atoms with Gasteiger partial charge in [-0.25, -0.2) is 0 Å². The van der Waals surface area contributed by atoms with Crippen LogP contribution in [-0.2, 0) is 23.9 Å². The van der Waals surface area contributed by atoms with E-state index in [0.717, 1.165) is 64.2 Å². The van der Waals surface area contributed by atoms with Gasteiger partial charge < -0.3 is 14.6 Å². The zero-order valence-electron chi connectivity index (χ0n) is 25.4. The Hall–Kier alpha value is -1.43. The van der Waals surface area contributed by atoms with E-state index in [1.807, 2.05) is 0 Å². The molecule has 0 amide bonds. The van der Waals surface area contributed by atoms with Crippen LogP contribution in [0.1, 0.15) is 113 Å². The third-order valence-corrected chi connectivity index (χ3v) is 14.0. The lowest BCUT2D eigenvalue weighted by Gasteiger charge is -2.73. The third kappa shape index (κ3) is 4.07. The van der Waals surface area contributed by atoms with E-state index in [2.05, 4.69) is 34.6 Å². The lowest BCUT2D eigenvalue weighted by atomic mass is 9.32. The van der Waals surface area contributed by atoms with E-state index in [-0.39, 0.29) is 62.7 Å². The van der Waals surface area contributed by atoms with Crippen LogP contribution in [0.3, 0.4) is 0 Å². The van der Waals surface area contributed by atoms with E-state index >= 15 is 0 Å². The predicted molar refractivity (Wildman–Crippen MR) is 148 cm³/mol. The molecule has 0 spiro atoms. The maximum absolute atomic E-state index is 13.1. The number of rotatable bonds is 5. The molecule has 0 aromatic rings. The highest BCUT2D eigenvalue weighted by molar-refractivity contribution is 5.82.